The van der Waals surface area contributed by atoms with Gasteiger partial charge in [-0.2, -0.15) is 4.57 Å². The smallest absolute Gasteiger partial charge is 0.237 e. The first-order chi connectivity index (χ1) is 8.19. The monoisotopic (exact) mass is 246 g/mol. The van der Waals surface area contributed by atoms with Gasteiger partial charge in [-0.05, 0) is 25.1 Å². The second-order valence-corrected chi connectivity index (χ2v) is 5.05. The molecule has 17 heavy (non-hydrogen) atoms. The molecule has 0 atom stereocenters. The van der Waals surface area contributed by atoms with Gasteiger partial charge < -0.3 is 0 Å². The first kappa shape index (κ1) is 11.7. The molecule has 4 heteroatoms. The molecule has 0 radical (unpaired) electrons. The Morgan fingerprint density at radius 3 is 2.88 bits per heavy atom. The predicted molar refractivity (Wildman–Crippen MR) is 65.4 cm³/mol. The zero-order valence-electron chi connectivity index (χ0n) is 9.42. The number of ketones is 1. The van der Waals surface area contributed by atoms with Crippen molar-refractivity contribution in [2.45, 2.75) is 13.5 Å². The Kier molecular flexibility index (Phi) is 3.44. The molecule has 0 aliphatic heterocycles. The van der Waals surface area contributed by atoms with Gasteiger partial charge >= 0.3 is 0 Å². The molecule has 0 aliphatic rings. The van der Waals surface area contributed by atoms with Gasteiger partial charge in [0.2, 0.25) is 12.3 Å². The van der Waals surface area contributed by atoms with Crippen LogP contribution in [0.3, 0.4) is 0 Å². The molecule has 0 unspecified atom stereocenters. The Hall–Kier alpha value is -1.81. The Morgan fingerprint density at radius 1 is 1.41 bits per heavy atom. The van der Waals surface area contributed by atoms with E-state index in [9.17, 15) is 9.59 Å². The zero-order valence-corrected chi connectivity index (χ0v) is 10.2. The number of nitrogens with zero attached hydrogens (tertiary/aromatic N) is 1. The van der Waals surface area contributed by atoms with Gasteiger partial charge in [-0.1, -0.05) is 0 Å². The Balaban J connectivity index is 2.15. The Bertz CT molecular complexity index is 560. The van der Waals surface area contributed by atoms with Crippen LogP contribution in [0.15, 0.2) is 36.7 Å². The molecule has 0 saturated heterocycles. The summed E-state index contributed by atoms with van der Waals surface area (Å²) in [4.78, 5) is 24.4. The summed E-state index contributed by atoms with van der Waals surface area (Å²) in [5.74, 6) is 0.0659. The largest absolute Gasteiger partial charge is 0.298 e. The summed E-state index contributed by atoms with van der Waals surface area (Å²) in [5, 5.41) is 0. The molecule has 0 bridgehead atoms. The first-order valence-electron chi connectivity index (χ1n) is 5.23. The average molecular weight is 246 g/mol. The van der Waals surface area contributed by atoms with Crippen LogP contribution in [-0.4, -0.2) is 12.1 Å². The third-order valence-corrected chi connectivity index (χ3v) is 3.40. The SMILES string of the molecule is Cc1ccc(C(=O)C[n+]2cccc(C=O)c2)s1. The topological polar surface area (TPSA) is 38.0 Å². The van der Waals surface area contributed by atoms with Gasteiger partial charge in [0, 0.05) is 10.9 Å². The number of pyridine rings is 1. The van der Waals surface area contributed by atoms with E-state index in [4.69, 9.17) is 0 Å². The fourth-order valence-electron chi connectivity index (χ4n) is 1.54. The maximum absolute atomic E-state index is 11.9. The molecule has 0 aliphatic carbocycles. The second kappa shape index (κ2) is 5.01. The highest BCUT2D eigenvalue weighted by Crippen LogP contribution is 2.15. The van der Waals surface area contributed by atoms with Gasteiger partial charge in [0.1, 0.15) is 0 Å². The van der Waals surface area contributed by atoms with Crippen LogP contribution >= 0.6 is 11.3 Å². The van der Waals surface area contributed by atoms with Gasteiger partial charge in [0.05, 0.1) is 10.4 Å². The molecule has 2 rings (SSSR count). The van der Waals surface area contributed by atoms with E-state index < -0.39 is 0 Å². The van der Waals surface area contributed by atoms with Crippen LogP contribution in [0.1, 0.15) is 24.9 Å². The molecule has 3 nitrogen and oxygen atoms in total. The summed E-state index contributed by atoms with van der Waals surface area (Å²) >= 11 is 1.49. The summed E-state index contributed by atoms with van der Waals surface area (Å²) in [6.45, 7) is 2.24. The van der Waals surface area contributed by atoms with E-state index in [-0.39, 0.29) is 12.3 Å². The molecule has 0 N–H and O–H groups in total. The number of aromatic nitrogens is 1. The van der Waals surface area contributed by atoms with Crippen molar-refractivity contribution in [2.24, 2.45) is 0 Å². The van der Waals surface area contributed by atoms with Crippen LogP contribution in [0.25, 0.3) is 0 Å². The number of hydrogen-bond acceptors (Lipinski definition) is 3. The van der Waals surface area contributed by atoms with E-state index in [1.165, 1.54) is 11.3 Å². The minimum Gasteiger partial charge on any atom is -0.298 e. The number of aryl methyl sites for hydroxylation is 1. The molecule has 0 fully saturated rings. The van der Waals surface area contributed by atoms with Crippen LogP contribution < -0.4 is 4.57 Å². The van der Waals surface area contributed by atoms with Crippen molar-refractivity contribution in [3.05, 3.63) is 52.0 Å². The van der Waals surface area contributed by atoms with Crippen molar-refractivity contribution in [3.63, 3.8) is 0 Å². The minimum atomic E-state index is 0.0659. The molecule has 0 spiro atoms. The lowest BCUT2D eigenvalue weighted by Gasteiger charge is -1.95. The van der Waals surface area contributed by atoms with Crippen molar-refractivity contribution in [2.75, 3.05) is 0 Å². The van der Waals surface area contributed by atoms with Gasteiger partial charge in [-0.3, -0.25) is 9.59 Å². The third kappa shape index (κ3) is 2.85. The average Bonchev–Trinajstić information content (AvgIpc) is 2.76. The molecular weight excluding hydrogens is 234 g/mol. The van der Waals surface area contributed by atoms with Crippen molar-refractivity contribution < 1.29 is 14.2 Å². The van der Waals surface area contributed by atoms with Crippen molar-refractivity contribution >= 4 is 23.4 Å². The van der Waals surface area contributed by atoms with Crippen molar-refractivity contribution in [1.29, 1.82) is 0 Å². The highest BCUT2D eigenvalue weighted by molar-refractivity contribution is 7.13. The second-order valence-electron chi connectivity index (χ2n) is 3.76. The van der Waals surface area contributed by atoms with Crippen LogP contribution in [-0.2, 0) is 6.54 Å². The number of hydrogen-bond donors (Lipinski definition) is 0. The normalized spacial score (nSPS) is 10.2. The van der Waals surface area contributed by atoms with Gasteiger partial charge in [-0.25, -0.2) is 0 Å². The molecule has 2 heterocycles. The fourth-order valence-corrected chi connectivity index (χ4v) is 2.34. The number of rotatable bonds is 4. The lowest BCUT2D eigenvalue weighted by atomic mass is 10.3. The van der Waals surface area contributed by atoms with Gasteiger partial charge in [-0.15, -0.1) is 11.3 Å². The van der Waals surface area contributed by atoms with E-state index in [0.717, 1.165) is 16.0 Å². The van der Waals surface area contributed by atoms with E-state index in [1.807, 2.05) is 19.1 Å². The van der Waals surface area contributed by atoms with E-state index in [1.54, 1.807) is 29.1 Å². The highest BCUT2D eigenvalue weighted by atomic mass is 32.1. The van der Waals surface area contributed by atoms with Crippen LogP contribution in [0.5, 0.6) is 0 Å². The minimum absolute atomic E-state index is 0.0659. The number of carbonyl (C=O) groups excluding carboxylic acids is 2. The van der Waals surface area contributed by atoms with Gasteiger partial charge in [0.15, 0.2) is 18.7 Å². The molecular formula is C13H12NO2S+. The number of carbonyl (C=O) groups is 2. The molecule has 2 aromatic heterocycles. The summed E-state index contributed by atoms with van der Waals surface area (Å²) in [6.07, 6.45) is 4.23. The molecule has 2 aromatic rings. The number of thiophene rings is 1. The third-order valence-electron chi connectivity index (χ3n) is 2.36. The molecule has 86 valence electrons. The van der Waals surface area contributed by atoms with Crippen molar-refractivity contribution in [1.82, 2.24) is 0 Å². The summed E-state index contributed by atoms with van der Waals surface area (Å²) < 4.78 is 1.72. The van der Waals surface area contributed by atoms with E-state index in [2.05, 4.69) is 0 Å². The predicted octanol–water partition coefficient (Wildman–Crippen LogP) is 2.04. The lowest BCUT2D eigenvalue weighted by Crippen LogP contribution is -2.37. The number of Topliss-reactive ketones (excluding diaryl/α,β-unsaturated/α-hetero) is 1. The number of aldehydes is 1. The Morgan fingerprint density at radius 2 is 2.24 bits per heavy atom. The summed E-state index contributed by atoms with van der Waals surface area (Å²) in [5.41, 5.74) is 0.572. The quantitative estimate of drug-likeness (QED) is 0.470. The zero-order chi connectivity index (χ0) is 12.3. The molecule has 0 aromatic carbocycles. The van der Waals surface area contributed by atoms with Crippen LogP contribution in [0.4, 0.5) is 0 Å². The maximum atomic E-state index is 11.9. The fraction of sp³-hybridized carbons (Fsp3) is 0.154. The van der Waals surface area contributed by atoms with Crippen LogP contribution in [0, 0.1) is 6.92 Å². The maximum Gasteiger partial charge on any atom is 0.237 e. The van der Waals surface area contributed by atoms with Crippen LogP contribution in [0.2, 0.25) is 0 Å². The highest BCUT2D eigenvalue weighted by Gasteiger charge is 2.14. The lowest BCUT2D eigenvalue weighted by molar-refractivity contribution is -0.683. The summed E-state index contributed by atoms with van der Waals surface area (Å²) in [7, 11) is 0. The Labute approximate surface area is 103 Å². The van der Waals surface area contributed by atoms with Crippen molar-refractivity contribution in [3.8, 4) is 0 Å². The molecule has 0 amide bonds. The molecule has 0 saturated carbocycles. The summed E-state index contributed by atoms with van der Waals surface area (Å²) in [6, 6.07) is 7.25. The standard InChI is InChI=1S/C13H12NO2S/c1-10-4-5-13(17-10)12(16)8-14-6-2-3-11(7-14)9-15/h2-7,9H,8H2,1H3/q+1. The van der Waals surface area contributed by atoms with Gasteiger partial charge in [0.25, 0.3) is 0 Å². The van der Waals surface area contributed by atoms with E-state index in [0.29, 0.717) is 5.56 Å². The van der Waals surface area contributed by atoms with E-state index >= 15 is 0 Å². The first-order valence-corrected chi connectivity index (χ1v) is 6.04.